The summed E-state index contributed by atoms with van der Waals surface area (Å²) < 4.78 is 0. The molecule has 4 rings (SSSR count). The van der Waals surface area contributed by atoms with Gasteiger partial charge in [-0.05, 0) is 43.9 Å². The van der Waals surface area contributed by atoms with Crippen LogP contribution in [0.5, 0.6) is 0 Å². The summed E-state index contributed by atoms with van der Waals surface area (Å²) in [7, 11) is 0. The molecule has 1 aromatic heterocycles. The fourth-order valence-electron chi connectivity index (χ4n) is 3.53. The van der Waals surface area contributed by atoms with Gasteiger partial charge in [-0.3, -0.25) is 4.90 Å². The third-order valence-electron chi connectivity index (χ3n) is 4.94. The highest BCUT2D eigenvalue weighted by atomic mass is 35.5. The lowest BCUT2D eigenvalue weighted by Gasteiger charge is -2.38. The van der Waals surface area contributed by atoms with Crippen LogP contribution in [0.3, 0.4) is 0 Å². The van der Waals surface area contributed by atoms with Crippen LogP contribution in [0.2, 0.25) is 5.02 Å². The van der Waals surface area contributed by atoms with Gasteiger partial charge in [-0.25, -0.2) is 4.98 Å². The molecule has 114 valence electrons. The number of pyridine rings is 1. The number of hydrogen-bond donors (Lipinski definition) is 1. The molecule has 0 radical (unpaired) electrons. The lowest BCUT2D eigenvalue weighted by Crippen LogP contribution is -2.50. The SMILES string of the molecule is Clc1cc(CNC2CC2)cnc1N1CCN2CCCC2C1. The molecule has 1 aliphatic carbocycles. The minimum Gasteiger partial charge on any atom is -0.353 e. The maximum absolute atomic E-state index is 6.49. The first-order valence-corrected chi connectivity index (χ1v) is 8.54. The van der Waals surface area contributed by atoms with Gasteiger partial charge < -0.3 is 10.2 Å². The average Bonchev–Trinajstić information content (AvgIpc) is 3.21. The Morgan fingerprint density at radius 2 is 2.14 bits per heavy atom. The standard InChI is InChI=1S/C16H23ClN4/c17-15-8-12(9-18-13-3-4-13)10-19-16(15)21-7-6-20-5-1-2-14(20)11-21/h8,10,13-14,18H,1-7,9,11H2. The molecule has 1 atom stereocenters. The van der Waals surface area contributed by atoms with Gasteiger partial charge in [0.1, 0.15) is 5.82 Å². The summed E-state index contributed by atoms with van der Waals surface area (Å²) in [6.07, 6.45) is 7.26. The molecule has 3 fully saturated rings. The summed E-state index contributed by atoms with van der Waals surface area (Å²) >= 11 is 6.49. The largest absolute Gasteiger partial charge is 0.353 e. The van der Waals surface area contributed by atoms with Crippen LogP contribution in [0.4, 0.5) is 5.82 Å². The molecule has 2 aliphatic heterocycles. The molecule has 3 aliphatic rings. The topological polar surface area (TPSA) is 31.4 Å². The number of hydrogen-bond acceptors (Lipinski definition) is 4. The number of nitrogens with zero attached hydrogens (tertiary/aromatic N) is 3. The second-order valence-corrected chi connectivity index (χ2v) is 6.99. The van der Waals surface area contributed by atoms with Crippen LogP contribution in [0, 0.1) is 0 Å². The van der Waals surface area contributed by atoms with Gasteiger partial charge in [0.25, 0.3) is 0 Å². The van der Waals surface area contributed by atoms with Crippen molar-refractivity contribution in [3.05, 3.63) is 22.8 Å². The number of aromatic nitrogens is 1. The van der Waals surface area contributed by atoms with Gasteiger partial charge >= 0.3 is 0 Å². The van der Waals surface area contributed by atoms with E-state index in [1.807, 2.05) is 6.20 Å². The van der Waals surface area contributed by atoms with Crippen LogP contribution in [-0.4, -0.2) is 48.1 Å². The van der Waals surface area contributed by atoms with Gasteiger partial charge in [0.15, 0.2) is 0 Å². The van der Waals surface area contributed by atoms with Gasteiger partial charge in [-0.1, -0.05) is 11.6 Å². The molecule has 0 aromatic carbocycles. The van der Waals surface area contributed by atoms with Crippen LogP contribution in [0.15, 0.2) is 12.3 Å². The van der Waals surface area contributed by atoms with E-state index in [9.17, 15) is 0 Å². The number of rotatable bonds is 4. The van der Waals surface area contributed by atoms with Crippen LogP contribution < -0.4 is 10.2 Å². The van der Waals surface area contributed by atoms with E-state index in [0.29, 0.717) is 6.04 Å². The van der Waals surface area contributed by atoms with Crippen LogP contribution in [0.25, 0.3) is 0 Å². The third kappa shape index (κ3) is 3.03. The van der Waals surface area contributed by atoms with Gasteiger partial charge in [-0.2, -0.15) is 0 Å². The molecule has 4 nitrogen and oxygen atoms in total. The van der Waals surface area contributed by atoms with Crippen LogP contribution in [0.1, 0.15) is 31.2 Å². The van der Waals surface area contributed by atoms with Gasteiger partial charge in [0.05, 0.1) is 5.02 Å². The molecular weight excluding hydrogens is 284 g/mol. The summed E-state index contributed by atoms with van der Waals surface area (Å²) in [6.45, 7) is 5.42. The highest BCUT2D eigenvalue weighted by Crippen LogP contribution is 2.29. The zero-order chi connectivity index (χ0) is 14.2. The fourth-order valence-corrected chi connectivity index (χ4v) is 3.84. The van der Waals surface area contributed by atoms with Crippen molar-refractivity contribution in [1.29, 1.82) is 0 Å². The predicted octanol–water partition coefficient (Wildman–Crippen LogP) is 2.27. The van der Waals surface area contributed by atoms with E-state index in [0.717, 1.165) is 43.1 Å². The van der Waals surface area contributed by atoms with E-state index < -0.39 is 0 Å². The monoisotopic (exact) mass is 306 g/mol. The molecule has 0 bridgehead atoms. The maximum Gasteiger partial charge on any atom is 0.147 e. The highest BCUT2D eigenvalue weighted by Gasteiger charge is 2.31. The fraction of sp³-hybridized carbons (Fsp3) is 0.688. The number of nitrogens with one attached hydrogen (secondary N) is 1. The zero-order valence-corrected chi connectivity index (χ0v) is 13.1. The second-order valence-electron chi connectivity index (χ2n) is 6.58. The number of piperazine rings is 1. The molecule has 3 heterocycles. The molecular formula is C16H23ClN4. The first-order valence-electron chi connectivity index (χ1n) is 8.16. The summed E-state index contributed by atoms with van der Waals surface area (Å²) in [5.74, 6) is 0.971. The normalized spacial score (nSPS) is 26.1. The molecule has 21 heavy (non-hydrogen) atoms. The minimum atomic E-state index is 0.702. The van der Waals surface area contributed by atoms with Crippen molar-refractivity contribution >= 4 is 17.4 Å². The van der Waals surface area contributed by atoms with Crippen molar-refractivity contribution in [2.45, 2.75) is 44.3 Å². The Bertz CT molecular complexity index is 517. The Balaban J connectivity index is 1.44. The smallest absolute Gasteiger partial charge is 0.147 e. The van der Waals surface area contributed by atoms with Crippen molar-refractivity contribution in [2.75, 3.05) is 31.1 Å². The first-order chi connectivity index (χ1) is 10.3. The summed E-state index contributed by atoms with van der Waals surface area (Å²) in [4.78, 5) is 9.63. The zero-order valence-electron chi connectivity index (χ0n) is 12.4. The van der Waals surface area contributed by atoms with E-state index in [-0.39, 0.29) is 0 Å². The number of fused-ring (bicyclic) bond motifs is 1. The molecule has 0 spiro atoms. The summed E-state index contributed by atoms with van der Waals surface area (Å²) in [5, 5.41) is 4.31. The minimum absolute atomic E-state index is 0.702. The van der Waals surface area contributed by atoms with E-state index in [2.05, 4.69) is 26.2 Å². The van der Waals surface area contributed by atoms with E-state index >= 15 is 0 Å². The van der Waals surface area contributed by atoms with Crippen LogP contribution >= 0.6 is 11.6 Å². The Kier molecular flexibility index (Phi) is 3.78. The number of halogens is 1. The Labute approximate surface area is 131 Å². The number of anilines is 1. The van der Waals surface area contributed by atoms with Crippen molar-refractivity contribution < 1.29 is 0 Å². The van der Waals surface area contributed by atoms with Gasteiger partial charge in [0.2, 0.25) is 0 Å². The molecule has 1 saturated carbocycles. The van der Waals surface area contributed by atoms with Gasteiger partial charge in [-0.15, -0.1) is 0 Å². The quantitative estimate of drug-likeness (QED) is 0.925. The van der Waals surface area contributed by atoms with Crippen molar-refractivity contribution in [1.82, 2.24) is 15.2 Å². The second kappa shape index (κ2) is 5.75. The molecule has 1 aromatic rings. The molecule has 0 amide bonds. The lowest BCUT2D eigenvalue weighted by molar-refractivity contribution is 0.230. The Morgan fingerprint density at radius 3 is 2.95 bits per heavy atom. The molecule has 1 unspecified atom stereocenters. The molecule has 1 N–H and O–H groups in total. The highest BCUT2D eigenvalue weighted by molar-refractivity contribution is 6.33. The van der Waals surface area contributed by atoms with E-state index in [1.165, 1.54) is 37.8 Å². The third-order valence-corrected chi connectivity index (χ3v) is 5.22. The summed E-state index contributed by atoms with van der Waals surface area (Å²) in [5.41, 5.74) is 1.19. The van der Waals surface area contributed by atoms with Crippen molar-refractivity contribution in [3.63, 3.8) is 0 Å². The Morgan fingerprint density at radius 1 is 1.24 bits per heavy atom. The average molecular weight is 307 g/mol. The molecule has 5 heteroatoms. The maximum atomic E-state index is 6.49. The lowest BCUT2D eigenvalue weighted by atomic mass is 10.1. The van der Waals surface area contributed by atoms with Crippen molar-refractivity contribution in [3.8, 4) is 0 Å². The molecule has 2 saturated heterocycles. The first kappa shape index (κ1) is 13.8. The van der Waals surface area contributed by atoms with E-state index in [4.69, 9.17) is 11.6 Å². The summed E-state index contributed by atoms with van der Waals surface area (Å²) in [6, 6.07) is 3.51. The predicted molar refractivity (Wildman–Crippen MR) is 85.9 cm³/mol. The Hall–Kier alpha value is -0.840. The van der Waals surface area contributed by atoms with E-state index in [1.54, 1.807) is 0 Å². The van der Waals surface area contributed by atoms with Gasteiger partial charge in [0, 0.05) is 44.5 Å². The van der Waals surface area contributed by atoms with Crippen molar-refractivity contribution in [2.24, 2.45) is 0 Å². The van der Waals surface area contributed by atoms with Crippen LogP contribution in [-0.2, 0) is 6.54 Å².